The van der Waals surface area contributed by atoms with Crippen molar-refractivity contribution in [3.63, 3.8) is 0 Å². The minimum atomic E-state index is -2.20. The first-order chi connectivity index (χ1) is 14.3. The van der Waals surface area contributed by atoms with Crippen LogP contribution in [0.25, 0.3) is 5.57 Å². The quantitative estimate of drug-likeness (QED) is 0.645. The predicted octanol–water partition coefficient (Wildman–Crippen LogP) is 4.31. The van der Waals surface area contributed by atoms with Gasteiger partial charge in [-0.05, 0) is 50.6 Å². The van der Waals surface area contributed by atoms with Gasteiger partial charge in [0.2, 0.25) is 0 Å². The van der Waals surface area contributed by atoms with E-state index in [4.69, 9.17) is 0 Å². The summed E-state index contributed by atoms with van der Waals surface area (Å²) < 4.78 is 4.33. The molecule has 2 aromatic carbocycles. The number of nitrogens with zero attached hydrogens (tertiary/aromatic N) is 2. The lowest BCUT2D eigenvalue weighted by Crippen LogP contribution is -2.66. The Kier molecular flexibility index (Phi) is 4.06. The van der Waals surface area contributed by atoms with Crippen molar-refractivity contribution in [1.82, 2.24) is 4.48 Å². The third kappa shape index (κ3) is 2.40. The van der Waals surface area contributed by atoms with E-state index in [1.165, 1.54) is 27.8 Å². The average Bonchev–Trinajstić information content (AvgIpc) is 3.20. The fraction of sp³-hybridized carbons (Fsp3) is 0.192. The number of aromatic nitrogens is 1. The summed E-state index contributed by atoms with van der Waals surface area (Å²) in [5.74, 6) is 0. The van der Waals surface area contributed by atoms with E-state index >= 15 is 0 Å². The highest BCUT2D eigenvalue weighted by Crippen LogP contribution is 2.42. The Balaban J connectivity index is 1.95. The van der Waals surface area contributed by atoms with Gasteiger partial charge in [-0.1, -0.05) is 65.6 Å². The summed E-state index contributed by atoms with van der Waals surface area (Å²) in [6, 6.07) is 21.0. The van der Waals surface area contributed by atoms with E-state index in [0.29, 0.717) is 0 Å². The normalized spacial score (nSPS) is 20.4. The topological polar surface area (TPSA) is 28.2 Å². The largest absolute Gasteiger partial charge is 0.542 e. The second-order valence-corrected chi connectivity index (χ2v) is 8.76. The molecule has 2 aliphatic heterocycles. The molecule has 3 aromatic rings. The lowest BCUT2D eigenvalue weighted by Gasteiger charge is -2.41. The summed E-state index contributed by atoms with van der Waals surface area (Å²) >= 11 is 0. The van der Waals surface area contributed by atoms with Crippen LogP contribution < -0.4 is 5.46 Å². The Hall–Kier alpha value is -3.11. The number of hydrogen-bond donors (Lipinski definition) is 1. The van der Waals surface area contributed by atoms with Crippen LogP contribution in [0, 0.1) is 20.8 Å². The number of rotatable bonds is 2. The Bertz CT molecular complexity index is 1280. The van der Waals surface area contributed by atoms with Crippen molar-refractivity contribution in [2.45, 2.75) is 34.6 Å². The maximum absolute atomic E-state index is 12.5. The summed E-state index contributed by atoms with van der Waals surface area (Å²) in [5.41, 5.74) is 11.2. The highest BCUT2D eigenvalue weighted by atomic mass is 16.2. The molecule has 30 heavy (non-hydrogen) atoms. The van der Waals surface area contributed by atoms with Gasteiger partial charge in [-0.2, -0.15) is 0 Å². The van der Waals surface area contributed by atoms with Crippen molar-refractivity contribution < 1.29 is 9.51 Å². The van der Waals surface area contributed by atoms with Crippen molar-refractivity contribution in [2.24, 2.45) is 0 Å². The maximum atomic E-state index is 12.5. The van der Waals surface area contributed by atoms with Crippen molar-refractivity contribution >= 4 is 23.4 Å². The Labute approximate surface area is 178 Å². The molecular weight excluding hydrogens is 367 g/mol. The standard InChI is InChI=1S/C26H27BN2O/c1-17-11-13-22(14-12-17)24-25-18(2)15-20(4)28(25)27(30,23-9-7-6-8-10-23)29-21(5)16-19(3)26(24)29/h6-16,30H,1-5H3. The van der Waals surface area contributed by atoms with Crippen LogP contribution in [0.15, 0.2) is 78.0 Å². The molecule has 2 aliphatic rings. The Morgan fingerprint density at radius 1 is 0.867 bits per heavy atom. The molecule has 1 N–H and O–H groups in total. The smallest absolute Gasteiger partial charge is 0.522 e. The van der Waals surface area contributed by atoms with Gasteiger partial charge in [-0.25, -0.2) is 0 Å². The van der Waals surface area contributed by atoms with Gasteiger partial charge in [0.15, 0.2) is 5.70 Å². The molecular formula is C26H27BN2O. The highest BCUT2D eigenvalue weighted by molar-refractivity contribution is 6.78. The molecule has 4 heteroatoms. The monoisotopic (exact) mass is 394 g/mol. The summed E-state index contributed by atoms with van der Waals surface area (Å²) in [4.78, 5) is 0. The van der Waals surface area contributed by atoms with E-state index in [-0.39, 0.29) is 0 Å². The van der Waals surface area contributed by atoms with Gasteiger partial charge in [0.1, 0.15) is 5.71 Å². The van der Waals surface area contributed by atoms with Gasteiger partial charge in [0, 0.05) is 24.3 Å². The second kappa shape index (κ2) is 6.45. The van der Waals surface area contributed by atoms with Gasteiger partial charge in [0.25, 0.3) is 0 Å². The Morgan fingerprint density at radius 2 is 1.53 bits per heavy atom. The minimum absolute atomic E-state index is 0.917. The van der Waals surface area contributed by atoms with Gasteiger partial charge in [0.05, 0.1) is 5.57 Å². The zero-order valence-electron chi connectivity index (χ0n) is 18.3. The van der Waals surface area contributed by atoms with Crippen molar-refractivity contribution in [1.29, 1.82) is 0 Å². The molecule has 1 unspecified atom stereocenters. The molecule has 0 spiro atoms. The van der Waals surface area contributed by atoms with E-state index in [2.05, 4.69) is 80.0 Å². The molecule has 0 fully saturated rings. The van der Waals surface area contributed by atoms with Gasteiger partial charge >= 0.3 is 6.62 Å². The van der Waals surface area contributed by atoms with Crippen LogP contribution in [-0.4, -0.2) is 26.3 Å². The fourth-order valence-electron chi connectivity index (χ4n) is 5.43. The van der Waals surface area contributed by atoms with Crippen LogP contribution in [0.4, 0.5) is 0 Å². The summed E-state index contributed by atoms with van der Waals surface area (Å²) in [6.07, 6.45) is 2.19. The number of hydrogen-bond acceptors (Lipinski definition) is 1. The molecule has 0 bridgehead atoms. The van der Waals surface area contributed by atoms with E-state index in [9.17, 15) is 5.02 Å². The lowest BCUT2D eigenvalue weighted by molar-refractivity contribution is -0.352. The van der Waals surface area contributed by atoms with Crippen molar-refractivity contribution in [3.05, 3.63) is 106 Å². The predicted molar refractivity (Wildman–Crippen MR) is 125 cm³/mol. The first-order valence-electron chi connectivity index (χ1n) is 10.6. The molecule has 0 saturated heterocycles. The zero-order valence-corrected chi connectivity index (χ0v) is 18.3. The molecule has 0 saturated carbocycles. The van der Waals surface area contributed by atoms with Crippen LogP contribution in [0.2, 0.25) is 0 Å². The number of benzene rings is 2. The van der Waals surface area contributed by atoms with E-state index in [1.807, 2.05) is 30.3 Å². The molecule has 5 rings (SSSR count). The number of fused-ring (bicyclic) bond motifs is 2. The van der Waals surface area contributed by atoms with Crippen LogP contribution in [0.5, 0.6) is 0 Å². The molecule has 3 nitrogen and oxygen atoms in total. The van der Waals surface area contributed by atoms with Crippen LogP contribution in [-0.2, 0) is 0 Å². The first-order valence-corrected chi connectivity index (χ1v) is 10.6. The molecule has 0 amide bonds. The molecule has 0 aliphatic carbocycles. The van der Waals surface area contributed by atoms with Crippen LogP contribution in [0.1, 0.15) is 41.9 Å². The molecule has 3 heterocycles. The van der Waals surface area contributed by atoms with E-state index < -0.39 is 6.62 Å². The van der Waals surface area contributed by atoms with Gasteiger partial charge in [-0.15, -0.1) is 0 Å². The summed E-state index contributed by atoms with van der Waals surface area (Å²) in [7, 11) is 0. The second-order valence-electron chi connectivity index (χ2n) is 8.76. The van der Waals surface area contributed by atoms with E-state index in [1.54, 1.807) is 0 Å². The van der Waals surface area contributed by atoms with Crippen molar-refractivity contribution in [2.75, 3.05) is 0 Å². The molecule has 150 valence electrons. The van der Waals surface area contributed by atoms with Gasteiger partial charge < -0.3 is 14.0 Å². The highest BCUT2D eigenvalue weighted by Gasteiger charge is 2.52. The van der Waals surface area contributed by atoms with E-state index in [0.717, 1.165) is 28.3 Å². The third-order valence-corrected chi connectivity index (χ3v) is 6.62. The zero-order chi connectivity index (χ0) is 21.2. The fourth-order valence-corrected chi connectivity index (χ4v) is 5.43. The van der Waals surface area contributed by atoms with Crippen LogP contribution >= 0.6 is 0 Å². The number of aryl methyl sites for hydroxylation is 3. The van der Waals surface area contributed by atoms with Crippen molar-refractivity contribution in [3.8, 4) is 0 Å². The summed E-state index contributed by atoms with van der Waals surface area (Å²) in [5, 5.41) is 12.5. The average molecular weight is 394 g/mol. The minimum Gasteiger partial charge on any atom is -0.522 e. The summed E-state index contributed by atoms with van der Waals surface area (Å²) in [6.45, 7) is 8.39. The third-order valence-electron chi connectivity index (χ3n) is 6.62. The molecule has 1 atom stereocenters. The lowest BCUT2D eigenvalue weighted by atomic mass is 9.55. The van der Waals surface area contributed by atoms with Crippen LogP contribution in [0.3, 0.4) is 0 Å². The molecule has 1 aromatic heterocycles. The van der Waals surface area contributed by atoms with Gasteiger partial charge in [-0.3, -0.25) is 0 Å². The first kappa shape index (κ1) is 18.9. The SMILES string of the molecule is CC1=CC(C)=[N+]2C1=C(c1ccc(C)cc1)c1c(C)cc(C)n1[B-]2(O)c1ccccc1. The molecule has 0 radical (unpaired) electrons. The maximum Gasteiger partial charge on any atom is 0.542 e. The Morgan fingerprint density at radius 3 is 2.20 bits per heavy atom. The number of allylic oxidation sites excluding steroid dienone is 2.